The maximum Gasteiger partial charge on any atom is 0.340 e. The van der Waals surface area contributed by atoms with Gasteiger partial charge in [-0.15, -0.1) is 11.3 Å². The summed E-state index contributed by atoms with van der Waals surface area (Å²) in [5, 5.41) is 2.31. The van der Waals surface area contributed by atoms with E-state index in [9.17, 15) is 9.59 Å². The summed E-state index contributed by atoms with van der Waals surface area (Å²) in [6.07, 6.45) is 2.35. The molecule has 0 radical (unpaired) electrons. The molecule has 4 nitrogen and oxygen atoms in total. The molecule has 0 aliphatic carbocycles. The summed E-state index contributed by atoms with van der Waals surface area (Å²) in [7, 11) is 0. The highest BCUT2D eigenvalue weighted by molar-refractivity contribution is 7.12. The molecule has 24 heavy (non-hydrogen) atoms. The average Bonchev–Trinajstić information content (AvgIpc) is 3.19. The molecule has 126 valence electrons. The highest BCUT2D eigenvalue weighted by Crippen LogP contribution is 2.32. The third-order valence-corrected chi connectivity index (χ3v) is 5.16. The van der Waals surface area contributed by atoms with E-state index in [-0.39, 0.29) is 17.9 Å². The maximum absolute atomic E-state index is 12.9. The number of rotatable bonds is 5. The number of fused-ring (bicyclic) bond motifs is 1. The Morgan fingerprint density at radius 3 is 2.71 bits per heavy atom. The highest BCUT2D eigenvalue weighted by atomic mass is 35.5. The number of allylic oxidation sites excluding steroid dienone is 1. The molecule has 0 saturated heterocycles. The van der Waals surface area contributed by atoms with Crippen molar-refractivity contribution in [3.05, 3.63) is 50.4 Å². The standard InChI is InChI=1S/C18H18ClNO3S/c1-4-11-7-14-13(18(22)23-10(2)3)5-6-20(14)16(11)17(21)15-8-12(19)9-24-15/h5,7-10H,4,6H2,1-3H3. The largest absolute Gasteiger partial charge is 0.459 e. The lowest BCUT2D eigenvalue weighted by atomic mass is 10.1. The van der Waals surface area contributed by atoms with E-state index >= 15 is 0 Å². The number of hydrogen-bond donors (Lipinski definition) is 0. The molecular weight excluding hydrogens is 346 g/mol. The van der Waals surface area contributed by atoms with E-state index in [4.69, 9.17) is 16.3 Å². The monoisotopic (exact) mass is 363 g/mol. The summed E-state index contributed by atoms with van der Waals surface area (Å²) in [5.41, 5.74) is 2.85. The van der Waals surface area contributed by atoms with Gasteiger partial charge in [-0.25, -0.2) is 4.79 Å². The van der Waals surface area contributed by atoms with Crippen LogP contribution in [-0.2, 0) is 22.5 Å². The SMILES string of the molecule is CCc1cc2n(c1C(=O)c1cc(Cl)cs1)CC=C2C(=O)OC(C)C. The van der Waals surface area contributed by atoms with Crippen LogP contribution in [0.3, 0.4) is 0 Å². The molecule has 0 saturated carbocycles. The number of aryl methyl sites for hydroxylation is 1. The molecule has 2 aromatic rings. The van der Waals surface area contributed by atoms with E-state index in [1.807, 2.05) is 37.5 Å². The first kappa shape index (κ1) is 17.0. The van der Waals surface area contributed by atoms with E-state index in [2.05, 4.69) is 0 Å². The lowest BCUT2D eigenvalue weighted by Crippen LogP contribution is -2.13. The van der Waals surface area contributed by atoms with Gasteiger partial charge in [0.15, 0.2) is 0 Å². The number of ether oxygens (including phenoxy) is 1. The van der Waals surface area contributed by atoms with Crippen molar-refractivity contribution in [3.63, 3.8) is 0 Å². The molecule has 3 heterocycles. The van der Waals surface area contributed by atoms with Crippen LogP contribution in [0.4, 0.5) is 0 Å². The third-order valence-electron chi connectivity index (χ3n) is 3.88. The van der Waals surface area contributed by atoms with Crippen molar-refractivity contribution >= 4 is 40.3 Å². The van der Waals surface area contributed by atoms with Crippen molar-refractivity contribution < 1.29 is 14.3 Å². The minimum absolute atomic E-state index is 0.0538. The minimum Gasteiger partial charge on any atom is -0.459 e. The van der Waals surface area contributed by atoms with Gasteiger partial charge in [0, 0.05) is 11.9 Å². The molecule has 0 spiro atoms. The number of carbonyl (C=O) groups excluding carboxylic acids is 2. The van der Waals surface area contributed by atoms with Gasteiger partial charge in [0.1, 0.15) is 0 Å². The van der Waals surface area contributed by atoms with Gasteiger partial charge in [-0.2, -0.15) is 0 Å². The fourth-order valence-electron chi connectivity index (χ4n) is 2.86. The third kappa shape index (κ3) is 2.94. The molecular formula is C18H18ClNO3S. The summed E-state index contributed by atoms with van der Waals surface area (Å²) in [6.45, 7) is 6.13. The Labute approximate surface area is 149 Å². The van der Waals surface area contributed by atoms with Gasteiger partial charge in [0.2, 0.25) is 5.78 Å². The Morgan fingerprint density at radius 2 is 2.12 bits per heavy atom. The van der Waals surface area contributed by atoms with Gasteiger partial charge in [-0.1, -0.05) is 18.5 Å². The molecule has 0 unspecified atom stereocenters. The molecule has 2 aromatic heterocycles. The number of esters is 1. The maximum atomic E-state index is 12.9. The molecule has 0 fully saturated rings. The zero-order valence-electron chi connectivity index (χ0n) is 13.8. The van der Waals surface area contributed by atoms with Gasteiger partial charge >= 0.3 is 5.97 Å². The molecule has 0 bridgehead atoms. The number of aromatic nitrogens is 1. The van der Waals surface area contributed by atoms with Gasteiger partial charge in [0.05, 0.1) is 33.0 Å². The van der Waals surface area contributed by atoms with Crippen LogP contribution in [0.15, 0.2) is 23.6 Å². The molecule has 0 aromatic carbocycles. The van der Waals surface area contributed by atoms with Crippen molar-refractivity contribution in [2.24, 2.45) is 0 Å². The Balaban J connectivity index is 2.00. The first-order chi connectivity index (χ1) is 11.4. The first-order valence-corrected chi connectivity index (χ1v) is 9.10. The predicted octanol–water partition coefficient (Wildman–Crippen LogP) is 4.35. The van der Waals surface area contributed by atoms with Crippen molar-refractivity contribution in [2.75, 3.05) is 0 Å². The van der Waals surface area contributed by atoms with Crippen molar-refractivity contribution in [3.8, 4) is 0 Å². The zero-order chi connectivity index (χ0) is 17.4. The Bertz CT molecular complexity index is 845. The van der Waals surface area contributed by atoms with Crippen LogP contribution in [0.1, 0.15) is 47.4 Å². The summed E-state index contributed by atoms with van der Waals surface area (Å²) in [4.78, 5) is 25.8. The lowest BCUT2D eigenvalue weighted by molar-refractivity contribution is -0.140. The zero-order valence-corrected chi connectivity index (χ0v) is 15.3. The van der Waals surface area contributed by atoms with E-state index in [0.29, 0.717) is 34.1 Å². The minimum atomic E-state index is -0.345. The van der Waals surface area contributed by atoms with Crippen LogP contribution in [-0.4, -0.2) is 22.4 Å². The molecule has 6 heteroatoms. The summed E-state index contributed by atoms with van der Waals surface area (Å²) in [6, 6.07) is 3.60. The van der Waals surface area contributed by atoms with Gasteiger partial charge in [-0.3, -0.25) is 4.79 Å². The Hall–Kier alpha value is -1.85. The number of carbonyl (C=O) groups is 2. The van der Waals surface area contributed by atoms with Crippen LogP contribution >= 0.6 is 22.9 Å². The first-order valence-electron chi connectivity index (χ1n) is 7.85. The number of thiophene rings is 1. The van der Waals surface area contributed by atoms with E-state index in [1.165, 1.54) is 11.3 Å². The molecule has 0 atom stereocenters. The van der Waals surface area contributed by atoms with E-state index in [1.54, 1.807) is 11.4 Å². The van der Waals surface area contributed by atoms with Crippen LogP contribution in [0.25, 0.3) is 5.57 Å². The molecule has 0 amide bonds. The van der Waals surface area contributed by atoms with Crippen LogP contribution < -0.4 is 0 Å². The normalized spacial score (nSPS) is 13.1. The van der Waals surface area contributed by atoms with Crippen molar-refractivity contribution in [1.82, 2.24) is 4.57 Å². The van der Waals surface area contributed by atoms with Crippen LogP contribution in [0.2, 0.25) is 5.02 Å². The second-order valence-electron chi connectivity index (χ2n) is 5.90. The summed E-state index contributed by atoms with van der Waals surface area (Å²) >= 11 is 7.28. The molecule has 1 aliphatic rings. The molecule has 3 rings (SSSR count). The Kier molecular flexibility index (Phi) is 4.65. The van der Waals surface area contributed by atoms with Gasteiger partial charge < -0.3 is 9.30 Å². The van der Waals surface area contributed by atoms with E-state index in [0.717, 1.165) is 11.3 Å². The summed E-state index contributed by atoms with van der Waals surface area (Å²) in [5.74, 6) is -0.399. The number of ketones is 1. The lowest BCUT2D eigenvalue weighted by Gasteiger charge is -2.09. The topological polar surface area (TPSA) is 48.3 Å². The van der Waals surface area contributed by atoms with Gasteiger partial charge in [0.25, 0.3) is 0 Å². The second kappa shape index (κ2) is 6.57. The smallest absolute Gasteiger partial charge is 0.340 e. The van der Waals surface area contributed by atoms with Gasteiger partial charge in [-0.05, 0) is 44.0 Å². The highest BCUT2D eigenvalue weighted by Gasteiger charge is 2.29. The quantitative estimate of drug-likeness (QED) is 0.586. The Morgan fingerprint density at radius 1 is 1.38 bits per heavy atom. The van der Waals surface area contributed by atoms with Crippen LogP contribution in [0, 0.1) is 0 Å². The average molecular weight is 364 g/mol. The predicted molar refractivity (Wildman–Crippen MR) is 95.8 cm³/mol. The van der Waals surface area contributed by atoms with E-state index < -0.39 is 0 Å². The number of nitrogens with zero attached hydrogens (tertiary/aromatic N) is 1. The number of hydrogen-bond acceptors (Lipinski definition) is 4. The summed E-state index contributed by atoms with van der Waals surface area (Å²) < 4.78 is 7.20. The molecule has 1 aliphatic heterocycles. The second-order valence-corrected chi connectivity index (χ2v) is 7.25. The fourth-order valence-corrected chi connectivity index (χ4v) is 3.87. The van der Waals surface area contributed by atoms with Crippen molar-refractivity contribution in [1.29, 1.82) is 0 Å². The van der Waals surface area contributed by atoms with Crippen molar-refractivity contribution in [2.45, 2.75) is 39.8 Å². The van der Waals surface area contributed by atoms with Crippen LogP contribution in [0.5, 0.6) is 0 Å². The fraction of sp³-hybridized carbons (Fsp3) is 0.333. The number of halogens is 1. The molecule has 0 N–H and O–H groups in total.